The highest BCUT2D eigenvalue weighted by Gasteiger charge is 2.30. The van der Waals surface area contributed by atoms with Gasteiger partial charge in [0, 0.05) is 19.7 Å². The molecule has 34 heavy (non-hydrogen) atoms. The zero-order chi connectivity index (χ0) is 24.7. The number of ether oxygens (including phenoxy) is 1. The second-order valence-electron chi connectivity index (χ2n) is 7.39. The average molecular weight is 492 g/mol. The quantitative estimate of drug-likeness (QED) is 0.442. The Morgan fingerprint density at radius 1 is 1.06 bits per heavy atom. The van der Waals surface area contributed by atoms with Crippen LogP contribution in [0, 0.1) is 0 Å². The van der Waals surface area contributed by atoms with E-state index in [4.69, 9.17) is 9.88 Å². The number of hydrogen-bond donors (Lipinski definition) is 1. The standard InChI is InChI=1S/C21H19F3N6O3S/c1-29-18(12-33-15-8-6-14(7-9-15)21(22,23)24)17(11-26-29)20-27-19(28-30(20)2)13-4-3-5-16(10-13)34(25,31)32/h3-11H,12H2,1-2H3,(H2,25,31,32). The van der Waals surface area contributed by atoms with E-state index in [1.807, 2.05) is 0 Å². The van der Waals surface area contributed by atoms with Crippen LogP contribution >= 0.6 is 0 Å². The maximum Gasteiger partial charge on any atom is 0.416 e. The van der Waals surface area contributed by atoms with Crippen LogP contribution in [0.15, 0.2) is 59.6 Å². The van der Waals surface area contributed by atoms with Gasteiger partial charge in [0.05, 0.1) is 27.9 Å². The molecule has 2 aromatic heterocycles. The van der Waals surface area contributed by atoms with E-state index in [1.165, 1.54) is 28.9 Å². The second kappa shape index (κ2) is 8.57. The van der Waals surface area contributed by atoms with Gasteiger partial charge in [0.25, 0.3) is 0 Å². The SMILES string of the molecule is Cn1nc(-c2cccc(S(N)(=O)=O)c2)nc1-c1cnn(C)c1COc1ccc(C(F)(F)F)cc1. The summed E-state index contributed by atoms with van der Waals surface area (Å²) in [6.07, 6.45) is -2.86. The molecule has 4 rings (SSSR count). The highest BCUT2D eigenvalue weighted by molar-refractivity contribution is 7.89. The third kappa shape index (κ3) is 4.79. The molecular weight excluding hydrogens is 473 g/mol. The summed E-state index contributed by atoms with van der Waals surface area (Å²) >= 11 is 0. The number of nitrogens with two attached hydrogens (primary N) is 1. The van der Waals surface area contributed by atoms with Crippen molar-refractivity contribution in [1.82, 2.24) is 24.5 Å². The first-order valence-electron chi connectivity index (χ1n) is 9.79. The van der Waals surface area contributed by atoms with Crippen molar-refractivity contribution in [2.24, 2.45) is 19.2 Å². The molecule has 0 saturated carbocycles. The van der Waals surface area contributed by atoms with Crippen molar-refractivity contribution < 1.29 is 26.3 Å². The molecule has 0 unspecified atom stereocenters. The number of rotatable bonds is 6. The van der Waals surface area contributed by atoms with E-state index < -0.39 is 21.8 Å². The number of alkyl halides is 3. The molecule has 0 fully saturated rings. The van der Waals surface area contributed by atoms with E-state index >= 15 is 0 Å². The van der Waals surface area contributed by atoms with Gasteiger partial charge >= 0.3 is 6.18 Å². The average Bonchev–Trinajstić information content (AvgIpc) is 3.33. The lowest BCUT2D eigenvalue weighted by Crippen LogP contribution is -2.11. The second-order valence-corrected chi connectivity index (χ2v) is 8.96. The van der Waals surface area contributed by atoms with Crippen LogP contribution in [0.1, 0.15) is 11.3 Å². The van der Waals surface area contributed by atoms with Crippen molar-refractivity contribution in [1.29, 1.82) is 0 Å². The Hall–Kier alpha value is -3.71. The first kappa shape index (κ1) is 23.4. The molecular formula is C21H19F3N6O3S. The minimum Gasteiger partial charge on any atom is -0.487 e. The van der Waals surface area contributed by atoms with Gasteiger partial charge in [-0.05, 0) is 36.4 Å². The largest absolute Gasteiger partial charge is 0.487 e. The van der Waals surface area contributed by atoms with Crippen LogP contribution in [0.2, 0.25) is 0 Å². The molecule has 0 aliphatic carbocycles. The van der Waals surface area contributed by atoms with Gasteiger partial charge in [0.15, 0.2) is 11.6 Å². The Morgan fingerprint density at radius 2 is 1.76 bits per heavy atom. The highest BCUT2D eigenvalue weighted by Crippen LogP contribution is 2.31. The molecule has 0 saturated heterocycles. The predicted molar refractivity (Wildman–Crippen MR) is 116 cm³/mol. The fraction of sp³-hybridized carbons (Fsp3) is 0.190. The summed E-state index contributed by atoms with van der Waals surface area (Å²) in [6, 6.07) is 10.3. The van der Waals surface area contributed by atoms with Crippen molar-refractivity contribution in [3.05, 3.63) is 66.0 Å². The minimum absolute atomic E-state index is 0.0142. The minimum atomic E-state index is -4.43. The molecule has 2 aromatic carbocycles. The van der Waals surface area contributed by atoms with Crippen LogP contribution < -0.4 is 9.88 Å². The van der Waals surface area contributed by atoms with Gasteiger partial charge in [0.1, 0.15) is 12.4 Å². The molecule has 0 spiro atoms. The molecule has 4 aromatic rings. The Bertz CT molecular complexity index is 1440. The Balaban J connectivity index is 1.61. The summed E-state index contributed by atoms with van der Waals surface area (Å²) in [5.74, 6) is 0.982. The number of aryl methyl sites for hydroxylation is 2. The summed E-state index contributed by atoms with van der Waals surface area (Å²) in [5.41, 5.74) is 0.900. The van der Waals surface area contributed by atoms with Gasteiger partial charge < -0.3 is 4.74 Å². The van der Waals surface area contributed by atoms with E-state index in [1.54, 1.807) is 37.1 Å². The van der Waals surface area contributed by atoms with Crippen LogP contribution in [0.5, 0.6) is 5.75 Å². The lowest BCUT2D eigenvalue weighted by Gasteiger charge is -2.10. The van der Waals surface area contributed by atoms with Crippen molar-refractivity contribution >= 4 is 10.0 Å². The highest BCUT2D eigenvalue weighted by atomic mass is 32.2. The number of hydrogen-bond acceptors (Lipinski definition) is 6. The van der Waals surface area contributed by atoms with Gasteiger partial charge in [-0.15, -0.1) is 0 Å². The fourth-order valence-corrected chi connectivity index (χ4v) is 3.83. The molecule has 2 N–H and O–H groups in total. The van der Waals surface area contributed by atoms with E-state index in [0.29, 0.717) is 22.6 Å². The molecule has 178 valence electrons. The van der Waals surface area contributed by atoms with E-state index in [2.05, 4.69) is 15.2 Å². The zero-order valence-electron chi connectivity index (χ0n) is 18.0. The van der Waals surface area contributed by atoms with Crippen molar-refractivity contribution in [2.45, 2.75) is 17.7 Å². The number of nitrogens with zero attached hydrogens (tertiary/aromatic N) is 5. The molecule has 0 atom stereocenters. The Labute approximate surface area is 192 Å². The number of benzene rings is 2. The maximum atomic E-state index is 12.8. The van der Waals surface area contributed by atoms with Crippen LogP contribution in [0.3, 0.4) is 0 Å². The molecule has 0 radical (unpaired) electrons. The molecule has 2 heterocycles. The van der Waals surface area contributed by atoms with Gasteiger partial charge in [-0.2, -0.15) is 23.4 Å². The molecule has 0 bridgehead atoms. The first-order valence-corrected chi connectivity index (χ1v) is 11.3. The molecule has 0 aliphatic rings. The van der Waals surface area contributed by atoms with Crippen molar-refractivity contribution in [3.8, 4) is 28.5 Å². The number of aromatic nitrogens is 5. The normalized spacial score (nSPS) is 12.2. The smallest absolute Gasteiger partial charge is 0.416 e. The molecule has 9 nitrogen and oxygen atoms in total. The van der Waals surface area contributed by atoms with Crippen LogP contribution in [0.4, 0.5) is 13.2 Å². The van der Waals surface area contributed by atoms with Crippen molar-refractivity contribution in [2.75, 3.05) is 0 Å². The molecule has 0 amide bonds. The Morgan fingerprint density at radius 3 is 2.41 bits per heavy atom. The first-order chi connectivity index (χ1) is 15.9. The summed E-state index contributed by atoms with van der Waals surface area (Å²) in [5, 5.41) is 13.8. The predicted octanol–water partition coefficient (Wildman–Crippen LogP) is 3.13. The van der Waals surface area contributed by atoms with E-state index in [-0.39, 0.29) is 23.1 Å². The van der Waals surface area contributed by atoms with E-state index in [0.717, 1.165) is 12.1 Å². The molecule has 13 heteroatoms. The lowest BCUT2D eigenvalue weighted by atomic mass is 10.2. The summed E-state index contributed by atoms with van der Waals surface area (Å²) in [7, 11) is -0.526. The lowest BCUT2D eigenvalue weighted by molar-refractivity contribution is -0.137. The van der Waals surface area contributed by atoms with Gasteiger partial charge in [0.2, 0.25) is 10.0 Å². The third-order valence-electron chi connectivity index (χ3n) is 5.04. The monoisotopic (exact) mass is 492 g/mol. The van der Waals surface area contributed by atoms with E-state index in [9.17, 15) is 21.6 Å². The Kier molecular flexibility index (Phi) is 5.91. The van der Waals surface area contributed by atoms with Crippen molar-refractivity contribution in [3.63, 3.8) is 0 Å². The van der Waals surface area contributed by atoms with Gasteiger partial charge in [-0.25, -0.2) is 23.2 Å². The van der Waals surface area contributed by atoms with Gasteiger partial charge in [-0.3, -0.25) is 4.68 Å². The number of sulfonamides is 1. The summed E-state index contributed by atoms with van der Waals surface area (Å²) < 4.78 is 70.4. The summed E-state index contributed by atoms with van der Waals surface area (Å²) in [4.78, 5) is 4.46. The van der Waals surface area contributed by atoms with Gasteiger partial charge in [-0.1, -0.05) is 12.1 Å². The molecule has 0 aliphatic heterocycles. The van der Waals surface area contributed by atoms with Crippen LogP contribution in [0.25, 0.3) is 22.8 Å². The fourth-order valence-electron chi connectivity index (χ4n) is 3.27. The number of primary sulfonamides is 1. The zero-order valence-corrected chi connectivity index (χ0v) is 18.8. The number of halogens is 3. The third-order valence-corrected chi connectivity index (χ3v) is 5.95. The topological polar surface area (TPSA) is 118 Å². The maximum absolute atomic E-state index is 12.8. The van der Waals surface area contributed by atoms with Crippen LogP contribution in [-0.4, -0.2) is 33.0 Å². The van der Waals surface area contributed by atoms with Crippen LogP contribution in [-0.2, 0) is 36.9 Å². The summed E-state index contributed by atoms with van der Waals surface area (Å²) in [6.45, 7) is 0.0142.